The highest BCUT2D eigenvalue weighted by atomic mass is 16.5. The fourth-order valence-corrected chi connectivity index (χ4v) is 6.23. The van der Waals surface area contributed by atoms with Crippen LogP contribution in [0.2, 0.25) is 0 Å². The fourth-order valence-electron chi connectivity index (χ4n) is 6.23. The minimum absolute atomic E-state index is 0.656. The number of hydrogen-bond donors (Lipinski definition) is 2. The van der Waals surface area contributed by atoms with Crippen LogP contribution in [-0.4, -0.2) is 56.3 Å². The summed E-state index contributed by atoms with van der Waals surface area (Å²) in [5.74, 6) is 2.16. The lowest BCUT2D eigenvalue weighted by Gasteiger charge is -2.41. The van der Waals surface area contributed by atoms with Crippen molar-refractivity contribution >= 4 is 10.9 Å². The zero-order chi connectivity index (χ0) is 23.7. The second-order valence-corrected chi connectivity index (χ2v) is 10.1. The van der Waals surface area contributed by atoms with Crippen molar-refractivity contribution in [1.29, 1.82) is 0 Å². The van der Waals surface area contributed by atoms with Crippen molar-refractivity contribution < 1.29 is 9.47 Å². The van der Waals surface area contributed by atoms with Gasteiger partial charge in [-0.15, -0.1) is 0 Å². The van der Waals surface area contributed by atoms with Crippen LogP contribution in [0.1, 0.15) is 55.6 Å². The molecule has 3 aromatic rings. The molecule has 1 aliphatic heterocycles. The van der Waals surface area contributed by atoms with Crippen molar-refractivity contribution in [3.63, 3.8) is 0 Å². The second kappa shape index (κ2) is 10.0. The molecule has 2 atom stereocenters. The van der Waals surface area contributed by atoms with E-state index in [4.69, 9.17) is 9.47 Å². The lowest BCUT2D eigenvalue weighted by atomic mass is 9.85. The summed E-state index contributed by atoms with van der Waals surface area (Å²) in [5, 5.41) is 4.84. The summed E-state index contributed by atoms with van der Waals surface area (Å²) in [7, 11) is 5.48. The number of aromatic nitrogens is 1. The van der Waals surface area contributed by atoms with Crippen LogP contribution < -0.4 is 14.8 Å². The monoisotopic (exact) mass is 461 g/mol. The average Bonchev–Trinajstić information content (AvgIpc) is 3.24. The van der Waals surface area contributed by atoms with Crippen molar-refractivity contribution in [2.24, 2.45) is 0 Å². The molecule has 5 rings (SSSR count). The average molecular weight is 462 g/mol. The highest BCUT2D eigenvalue weighted by molar-refractivity contribution is 5.91. The second-order valence-electron chi connectivity index (χ2n) is 10.1. The molecule has 0 amide bonds. The number of fused-ring (bicyclic) bond motifs is 1. The Bertz CT molecular complexity index is 1130. The van der Waals surface area contributed by atoms with Gasteiger partial charge in [-0.3, -0.25) is 0 Å². The van der Waals surface area contributed by atoms with E-state index in [1.54, 1.807) is 14.2 Å². The summed E-state index contributed by atoms with van der Waals surface area (Å²) >= 11 is 0. The number of rotatable bonds is 6. The van der Waals surface area contributed by atoms with Gasteiger partial charge in [0.2, 0.25) is 0 Å². The quantitative estimate of drug-likeness (QED) is 0.482. The summed E-state index contributed by atoms with van der Waals surface area (Å²) < 4.78 is 10.9. The van der Waals surface area contributed by atoms with Gasteiger partial charge >= 0.3 is 0 Å². The molecule has 2 aliphatic rings. The predicted molar refractivity (Wildman–Crippen MR) is 140 cm³/mol. The number of ether oxygens (including phenoxy) is 2. The maximum atomic E-state index is 5.53. The van der Waals surface area contributed by atoms with E-state index >= 15 is 0 Å². The summed E-state index contributed by atoms with van der Waals surface area (Å²) in [6, 6.07) is 14.6. The molecule has 0 bridgehead atoms. The summed E-state index contributed by atoms with van der Waals surface area (Å²) in [5.41, 5.74) is 6.25. The molecule has 1 saturated heterocycles. The van der Waals surface area contributed by atoms with Crippen LogP contribution in [0.25, 0.3) is 22.2 Å². The number of methoxy groups -OCH3 is 2. The van der Waals surface area contributed by atoms with Gasteiger partial charge in [-0.2, -0.15) is 0 Å². The standard InChI is InChI=1S/C29H39N3O2/c1-19-25-16-21(20-12-14-32(15-13-20)24-7-5-6-23(18-24)30-2)8-10-26(25)31-29(19)22-9-11-27(33-3)28(17-22)34-4/h8-11,16-17,20,23-24,30-31H,5-7,12-15,18H2,1-4H3. The Morgan fingerprint density at radius 3 is 2.47 bits per heavy atom. The Labute approximate surface area is 203 Å². The van der Waals surface area contributed by atoms with Crippen molar-refractivity contribution in [2.75, 3.05) is 34.4 Å². The van der Waals surface area contributed by atoms with Crippen molar-refractivity contribution in [2.45, 2.75) is 63.5 Å². The molecule has 2 fully saturated rings. The lowest BCUT2D eigenvalue weighted by molar-refractivity contribution is 0.111. The number of benzene rings is 2. The number of hydrogen-bond acceptors (Lipinski definition) is 4. The molecule has 0 spiro atoms. The van der Waals surface area contributed by atoms with Gasteiger partial charge in [0, 0.05) is 34.2 Å². The molecule has 34 heavy (non-hydrogen) atoms. The molecule has 1 aromatic heterocycles. The number of nitrogens with zero attached hydrogens (tertiary/aromatic N) is 1. The van der Waals surface area contributed by atoms with E-state index < -0.39 is 0 Å². The largest absolute Gasteiger partial charge is 0.493 e. The number of nitrogens with one attached hydrogen (secondary N) is 2. The van der Waals surface area contributed by atoms with Gasteiger partial charge in [0.15, 0.2) is 11.5 Å². The number of piperidine rings is 1. The molecule has 1 saturated carbocycles. The maximum absolute atomic E-state index is 5.53. The van der Waals surface area contributed by atoms with Crippen LogP contribution in [0, 0.1) is 6.92 Å². The van der Waals surface area contributed by atoms with Crippen molar-refractivity contribution in [3.05, 3.63) is 47.5 Å². The SMILES string of the molecule is CNC1CCCC(N2CCC(c3ccc4[nH]c(-c5ccc(OC)c(OC)c5)c(C)c4c3)CC2)C1. The van der Waals surface area contributed by atoms with Gasteiger partial charge in [0.05, 0.1) is 14.2 Å². The lowest BCUT2D eigenvalue weighted by Crippen LogP contribution is -2.46. The van der Waals surface area contributed by atoms with Gasteiger partial charge in [0.1, 0.15) is 0 Å². The molecule has 2 unspecified atom stereocenters. The first-order chi connectivity index (χ1) is 16.6. The summed E-state index contributed by atoms with van der Waals surface area (Å²) in [6.07, 6.45) is 7.91. The zero-order valence-corrected chi connectivity index (χ0v) is 21.1. The Morgan fingerprint density at radius 2 is 1.74 bits per heavy atom. The first-order valence-corrected chi connectivity index (χ1v) is 12.9. The Kier molecular flexibility index (Phi) is 6.84. The normalized spacial score (nSPS) is 22.2. The predicted octanol–water partition coefficient (Wildman–Crippen LogP) is 5.87. The Balaban J connectivity index is 1.33. The van der Waals surface area contributed by atoms with Gasteiger partial charge < -0.3 is 24.7 Å². The highest BCUT2D eigenvalue weighted by Gasteiger charge is 2.29. The molecule has 182 valence electrons. The van der Waals surface area contributed by atoms with Gasteiger partial charge in [-0.25, -0.2) is 0 Å². The molecule has 2 N–H and O–H groups in total. The Morgan fingerprint density at radius 1 is 0.941 bits per heavy atom. The minimum Gasteiger partial charge on any atom is -0.493 e. The van der Waals surface area contributed by atoms with E-state index in [-0.39, 0.29) is 0 Å². The summed E-state index contributed by atoms with van der Waals surface area (Å²) in [6.45, 7) is 4.68. The van der Waals surface area contributed by atoms with E-state index in [0.717, 1.165) is 28.8 Å². The maximum Gasteiger partial charge on any atom is 0.161 e. The number of H-pyrrole nitrogens is 1. The van der Waals surface area contributed by atoms with Crippen molar-refractivity contribution in [3.8, 4) is 22.8 Å². The van der Waals surface area contributed by atoms with Crippen LogP contribution in [0.15, 0.2) is 36.4 Å². The van der Waals surface area contributed by atoms with Gasteiger partial charge in [-0.05, 0) is 107 Å². The molecular weight excluding hydrogens is 422 g/mol. The van der Waals surface area contributed by atoms with Crippen LogP contribution >= 0.6 is 0 Å². The topological polar surface area (TPSA) is 49.5 Å². The third-order valence-corrected chi connectivity index (χ3v) is 8.33. The van der Waals surface area contributed by atoms with Gasteiger partial charge in [-0.1, -0.05) is 12.5 Å². The molecule has 2 heterocycles. The first kappa shape index (κ1) is 23.3. The van der Waals surface area contributed by atoms with E-state index in [1.807, 2.05) is 6.07 Å². The molecule has 5 heteroatoms. The van der Waals surface area contributed by atoms with Crippen LogP contribution in [-0.2, 0) is 0 Å². The number of aromatic amines is 1. The molecular formula is C29H39N3O2. The molecule has 2 aromatic carbocycles. The third-order valence-electron chi connectivity index (χ3n) is 8.33. The molecule has 5 nitrogen and oxygen atoms in total. The van der Waals surface area contributed by atoms with Crippen LogP contribution in [0.5, 0.6) is 11.5 Å². The third kappa shape index (κ3) is 4.44. The number of likely N-dealkylation sites (tertiary alicyclic amines) is 1. The van der Waals surface area contributed by atoms with Gasteiger partial charge in [0.25, 0.3) is 0 Å². The minimum atomic E-state index is 0.656. The zero-order valence-electron chi connectivity index (χ0n) is 21.1. The smallest absolute Gasteiger partial charge is 0.161 e. The fraction of sp³-hybridized carbons (Fsp3) is 0.517. The molecule has 1 aliphatic carbocycles. The van der Waals surface area contributed by atoms with Crippen molar-refractivity contribution in [1.82, 2.24) is 15.2 Å². The first-order valence-electron chi connectivity index (χ1n) is 12.9. The van der Waals surface area contributed by atoms with E-state index in [1.165, 1.54) is 73.6 Å². The van der Waals surface area contributed by atoms with E-state index in [9.17, 15) is 0 Å². The van der Waals surface area contributed by atoms with Crippen LogP contribution in [0.4, 0.5) is 0 Å². The summed E-state index contributed by atoms with van der Waals surface area (Å²) in [4.78, 5) is 6.42. The number of aryl methyl sites for hydroxylation is 1. The highest BCUT2D eigenvalue weighted by Crippen LogP contribution is 2.38. The van der Waals surface area contributed by atoms with E-state index in [2.05, 4.69) is 59.5 Å². The Hall–Kier alpha value is -2.50. The molecule has 0 radical (unpaired) electrons. The van der Waals surface area contributed by atoms with Crippen LogP contribution in [0.3, 0.4) is 0 Å². The van der Waals surface area contributed by atoms with E-state index in [0.29, 0.717) is 12.0 Å².